The summed E-state index contributed by atoms with van der Waals surface area (Å²) in [5.74, 6) is 2.77. The Kier molecular flexibility index (Phi) is 7.03. The highest BCUT2D eigenvalue weighted by atomic mass is 79.9. The van der Waals surface area contributed by atoms with Crippen LogP contribution in [-0.2, 0) is 11.3 Å². The van der Waals surface area contributed by atoms with Gasteiger partial charge in [0.15, 0.2) is 34.0 Å². The van der Waals surface area contributed by atoms with E-state index in [-0.39, 0.29) is 5.91 Å². The molecule has 5 rings (SSSR count). The highest BCUT2D eigenvalue weighted by Gasteiger charge is 2.26. The van der Waals surface area contributed by atoms with Gasteiger partial charge in [-0.25, -0.2) is 15.0 Å². The monoisotopic (exact) mass is 562 g/mol. The normalized spacial score (nSPS) is 17.1. The number of benzene rings is 1. The summed E-state index contributed by atoms with van der Waals surface area (Å²) in [5.41, 5.74) is 6.70. The van der Waals surface area contributed by atoms with Crippen molar-refractivity contribution in [2.24, 2.45) is 5.92 Å². The summed E-state index contributed by atoms with van der Waals surface area (Å²) in [5, 5.41) is 10.1. The molecule has 0 unspecified atom stereocenters. The fourth-order valence-electron chi connectivity index (χ4n) is 4.39. The quantitative estimate of drug-likeness (QED) is 0.465. The number of likely N-dealkylation sites (tertiary alicyclic amines) is 1. The molecule has 1 saturated heterocycles. The van der Waals surface area contributed by atoms with Crippen LogP contribution in [0.15, 0.2) is 33.0 Å². The molecule has 0 radical (unpaired) electrons. The molecule has 0 bridgehead atoms. The van der Waals surface area contributed by atoms with Crippen molar-refractivity contribution in [3.05, 3.63) is 22.9 Å². The van der Waals surface area contributed by atoms with E-state index >= 15 is 0 Å². The molecule has 4 aliphatic heterocycles. The lowest BCUT2D eigenvalue weighted by atomic mass is 9.93. The number of piperidine rings is 1. The smallest absolute Gasteiger partial charge is 0.251 e. The lowest BCUT2D eigenvalue weighted by Crippen LogP contribution is -2.43. The average Bonchev–Trinajstić information content (AvgIpc) is 3.29. The van der Waals surface area contributed by atoms with Crippen molar-refractivity contribution >= 4 is 39.4 Å². The Labute approximate surface area is 215 Å². The molecule has 1 aromatic carbocycles. The number of aliphatic hydroxyl groups is 1. The molecule has 35 heavy (non-hydrogen) atoms. The Morgan fingerprint density at radius 3 is 2.69 bits per heavy atom. The number of nitrogens with zero attached hydrogens (tertiary/aromatic N) is 5. The van der Waals surface area contributed by atoms with Gasteiger partial charge >= 0.3 is 0 Å². The second kappa shape index (κ2) is 10.2. The Morgan fingerprint density at radius 2 is 1.97 bits per heavy atom. The van der Waals surface area contributed by atoms with E-state index in [9.17, 15) is 9.90 Å². The highest BCUT2D eigenvalue weighted by Crippen LogP contribution is 2.42. The van der Waals surface area contributed by atoms with Gasteiger partial charge in [0, 0.05) is 29.0 Å². The number of nitrogen functional groups attached to an aromatic ring is 1. The summed E-state index contributed by atoms with van der Waals surface area (Å²) in [6.45, 7) is 4.66. The number of carbonyl (C=O) groups is 1. The standard InChI is InChI=1S/C23H27BrN6O4S/c1-13(31)22(32)29-5-2-14(3-6-29)4-7-30-12-26-20(25)19-21(30)28-23(27-19)35-18-11-17-16(10-15(18)24)33-8-9-34-17/h10-14,31H,2-9,25H2,1H3/t13-/m0/s1. The Morgan fingerprint density at radius 1 is 1.26 bits per heavy atom. The maximum Gasteiger partial charge on any atom is 0.251 e. The number of aliphatic hydroxyl groups excluding tert-OH is 1. The van der Waals surface area contributed by atoms with E-state index < -0.39 is 6.10 Å². The predicted octanol–water partition coefficient (Wildman–Crippen LogP) is 3.05. The highest BCUT2D eigenvalue weighted by molar-refractivity contribution is 9.10. The van der Waals surface area contributed by atoms with E-state index in [0.29, 0.717) is 66.2 Å². The molecule has 0 saturated carbocycles. The zero-order chi connectivity index (χ0) is 24.5. The second-order valence-corrected chi connectivity index (χ2v) is 10.6. The van der Waals surface area contributed by atoms with Gasteiger partial charge in [0.25, 0.3) is 5.91 Å². The molecule has 0 aliphatic carbocycles. The average molecular weight is 563 g/mol. The zero-order valence-electron chi connectivity index (χ0n) is 19.3. The molecule has 3 N–H and O–H groups in total. The zero-order valence-corrected chi connectivity index (χ0v) is 21.7. The van der Waals surface area contributed by atoms with Crippen molar-refractivity contribution in [1.82, 2.24) is 24.4 Å². The molecular weight excluding hydrogens is 536 g/mol. The third-order valence-corrected chi connectivity index (χ3v) is 8.17. The first-order chi connectivity index (χ1) is 16.9. The summed E-state index contributed by atoms with van der Waals surface area (Å²) < 4.78 is 14.2. The number of imidazole rings is 1. The molecule has 1 fully saturated rings. The van der Waals surface area contributed by atoms with Gasteiger partial charge in [-0.15, -0.1) is 0 Å². The van der Waals surface area contributed by atoms with Gasteiger partial charge in [-0.2, -0.15) is 0 Å². The van der Waals surface area contributed by atoms with Gasteiger partial charge < -0.3 is 29.8 Å². The number of amides is 1. The maximum atomic E-state index is 12.0. The Bertz CT molecular complexity index is 1200. The van der Waals surface area contributed by atoms with E-state index in [2.05, 4.69) is 25.9 Å². The van der Waals surface area contributed by atoms with Gasteiger partial charge in [-0.1, -0.05) is 0 Å². The van der Waals surface area contributed by atoms with Crippen LogP contribution in [0.4, 0.5) is 5.82 Å². The molecule has 0 aromatic heterocycles. The summed E-state index contributed by atoms with van der Waals surface area (Å²) in [7, 11) is 0. The van der Waals surface area contributed by atoms with Gasteiger partial charge in [-0.3, -0.25) is 4.79 Å². The van der Waals surface area contributed by atoms with Crippen molar-refractivity contribution in [2.75, 3.05) is 32.0 Å². The minimum absolute atomic E-state index is 0.191. The van der Waals surface area contributed by atoms with Gasteiger partial charge in [0.1, 0.15) is 19.3 Å². The van der Waals surface area contributed by atoms with E-state index in [4.69, 9.17) is 20.2 Å². The van der Waals surface area contributed by atoms with Crippen LogP contribution in [0.5, 0.6) is 11.5 Å². The first-order valence-corrected chi connectivity index (χ1v) is 13.2. The third-order valence-electron chi connectivity index (χ3n) is 6.33. The molecule has 0 spiro atoms. The predicted molar refractivity (Wildman–Crippen MR) is 134 cm³/mol. The molecule has 4 heterocycles. The molecule has 1 amide bonds. The Balaban J connectivity index is 1.28. The third kappa shape index (κ3) is 5.19. The van der Waals surface area contributed by atoms with Crippen LogP contribution in [0.1, 0.15) is 26.2 Å². The van der Waals surface area contributed by atoms with Gasteiger partial charge in [-0.05, 0) is 71.9 Å². The minimum atomic E-state index is -0.943. The van der Waals surface area contributed by atoms with Gasteiger partial charge in [0.2, 0.25) is 0 Å². The number of aromatic nitrogens is 4. The SMILES string of the molecule is C[C@H](O)C(=O)N1CCC(CCn2cnc(N)c3nc(Sc4cc5c(cc4Br)OCCO5)nc2-3)CC1. The number of nitrogens with two attached hydrogens (primary N) is 1. The summed E-state index contributed by atoms with van der Waals surface area (Å²) in [4.78, 5) is 28.4. The molecule has 186 valence electrons. The number of carbonyl (C=O) groups excluding carboxylic acids is 1. The first kappa shape index (κ1) is 24.1. The van der Waals surface area contributed by atoms with Crippen LogP contribution in [0.3, 0.4) is 0 Å². The maximum absolute atomic E-state index is 12.0. The van der Waals surface area contributed by atoms with Crippen LogP contribution in [0, 0.1) is 5.92 Å². The lowest BCUT2D eigenvalue weighted by molar-refractivity contribution is -0.140. The number of anilines is 1. The van der Waals surface area contributed by atoms with E-state index in [1.807, 2.05) is 16.7 Å². The molecule has 4 aliphatic rings. The second-order valence-electron chi connectivity index (χ2n) is 8.76. The lowest BCUT2D eigenvalue weighted by Gasteiger charge is -2.33. The molecule has 10 nitrogen and oxygen atoms in total. The first-order valence-electron chi connectivity index (χ1n) is 11.6. The fraction of sp³-hybridized carbons (Fsp3) is 0.478. The van der Waals surface area contributed by atoms with E-state index in [1.54, 1.807) is 11.2 Å². The summed E-state index contributed by atoms with van der Waals surface area (Å²) in [6, 6.07) is 3.82. The summed E-state index contributed by atoms with van der Waals surface area (Å²) in [6.07, 6.45) is 3.53. The van der Waals surface area contributed by atoms with Gasteiger partial charge in [0.05, 0.1) is 6.33 Å². The van der Waals surface area contributed by atoms with Crippen LogP contribution < -0.4 is 15.2 Å². The molecule has 12 heteroatoms. The number of rotatable bonds is 6. The summed E-state index contributed by atoms with van der Waals surface area (Å²) >= 11 is 5.03. The molecule has 1 atom stereocenters. The van der Waals surface area contributed by atoms with Crippen LogP contribution in [0.25, 0.3) is 11.5 Å². The fourth-order valence-corrected chi connectivity index (χ4v) is 5.75. The van der Waals surface area contributed by atoms with E-state index in [1.165, 1.54) is 18.7 Å². The van der Waals surface area contributed by atoms with Crippen molar-refractivity contribution in [3.8, 4) is 23.0 Å². The van der Waals surface area contributed by atoms with Crippen LogP contribution in [-0.4, -0.2) is 67.8 Å². The number of hydrogen-bond acceptors (Lipinski definition) is 9. The topological polar surface area (TPSA) is 129 Å². The number of ether oxygens (including phenoxy) is 2. The number of hydrogen-bond donors (Lipinski definition) is 2. The number of halogens is 1. The molecular formula is C23H27BrN6O4S. The van der Waals surface area contributed by atoms with Crippen molar-refractivity contribution < 1.29 is 19.4 Å². The van der Waals surface area contributed by atoms with Crippen LogP contribution in [0.2, 0.25) is 0 Å². The minimum Gasteiger partial charge on any atom is -0.486 e. The van der Waals surface area contributed by atoms with Crippen LogP contribution >= 0.6 is 27.7 Å². The van der Waals surface area contributed by atoms with Crippen molar-refractivity contribution in [1.29, 1.82) is 0 Å². The number of aryl methyl sites for hydroxylation is 1. The van der Waals surface area contributed by atoms with Crippen molar-refractivity contribution in [2.45, 2.75) is 48.9 Å². The number of fused-ring (bicyclic) bond motifs is 2. The Hall–Kier alpha value is -2.57. The van der Waals surface area contributed by atoms with Crippen molar-refractivity contribution in [3.63, 3.8) is 0 Å². The largest absolute Gasteiger partial charge is 0.486 e. The van der Waals surface area contributed by atoms with E-state index in [0.717, 1.165) is 35.2 Å². The molecule has 1 aromatic rings.